The van der Waals surface area contributed by atoms with Gasteiger partial charge in [0, 0.05) is 6.26 Å². The van der Waals surface area contributed by atoms with E-state index in [0.717, 1.165) is 48.8 Å². The molecule has 164 valence electrons. The first-order chi connectivity index (χ1) is 14.2. The Morgan fingerprint density at radius 2 is 1.93 bits per heavy atom. The molecule has 1 amide bonds. The lowest BCUT2D eigenvalue weighted by atomic mass is 9.87. The van der Waals surface area contributed by atoms with Crippen molar-refractivity contribution in [2.24, 2.45) is 5.92 Å². The van der Waals surface area contributed by atoms with Crippen LogP contribution < -0.4 is 5.32 Å². The molecular weight excluding hydrogens is 448 g/mol. The number of nitrogens with zero attached hydrogens (tertiary/aromatic N) is 1. The van der Waals surface area contributed by atoms with Crippen molar-refractivity contribution >= 4 is 43.8 Å². The van der Waals surface area contributed by atoms with Gasteiger partial charge >= 0.3 is 0 Å². The molecule has 3 rings (SSSR count). The number of carbonyl (C=O) groups is 1. The number of carbonyl (C=O) groups excluding carboxylic acids is 1. The first-order valence-electron chi connectivity index (χ1n) is 9.75. The average molecular weight is 473 g/mol. The minimum atomic E-state index is -3.32. The number of aliphatic hydroxyl groups excluding tert-OH is 2. The number of aliphatic hydroxyl groups is 2. The van der Waals surface area contributed by atoms with E-state index >= 15 is 0 Å². The molecule has 2 atom stereocenters. The summed E-state index contributed by atoms with van der Waals surface area (Å²) in [5.41, 5.74) is 0.870. The summed E-state index contributed by atoms with van der Waals surface area (Å²) in [6.45, 7) is -0.520. The molecule has 7 nitrogen and oxygen atoms in total. The van der Waals surface area contributed by atoms with E-state index in [1.165, 1.54) is 12.1 Å². The highest BCUT2D eigenvalue weighted by Crippen LogP contribution is 2.36. The van der Waals surface area contributed by atoms with Crippen LogP contribution in [0, 0.1) is 5.92 Å². The summed E-state index contributed by atoms with van der Waals surface area (Å²) in [5, 5.41) is 21.9. The van der Waals surface area contributed by atoms with Gasteiger partial charge in [0.2, 0.25) is 5.91 Å². The van der Waals surface area contributed by atoms with Gasteiger partial charge in [0.1, 0.15) is 16.1 Å². The van der Waals surface area contributed by atoms with Gasteiger partial charge in [-0.3, -0.25) is 4.79 Å². The molecule has 0 bridgehead atoms. The van der Waals surface area contributed by atoms with Gasteiger partial charge in [-0.05, 0) is 30.0 Å². The second-order valence-corrected chi connectivity index (χ2v) is 11.3. The van der Waals surface area contributed by atoms with Crippen LogP contribution in [0.4, 0.5) is 5.13 Å². The molecule has 0 radical (unpaired) electrons. The lowest BCUT2D eigenvalue weighted by molar-refractivity contribution is -0.118. The highest BCUT2D eigenvalue weighted by molar-refractivity contribution is 7.90. The standard InChI is InChI=1S/C20H25ClN2O5S2/c1-30(27,28)14-8-6-13(7-9-14)15(10-12-4-2-3-5-12)19(26)23-20-22-17(16(25)11-24)18(21)29-20/h6-9,12,15-16,24-25H,2-5,10-11H2,1H3,(H,22,23,26)/t15-,16?/m1/s1. The Morgan fingerprint density at radius 3 is 2.50 bits per heavy atom. The van der Waals surface area contributed by atoms with Gasteiger partial charge in [-0.1, -0.05) is 60.8 Å². The van der Waals surface area contributed by atoms with E-state index in [1.807, 2.05) is 0 Å². The van der Waals surface area contributed by atoms with Crippen molar-refractivity contribution in [1.29, 1.82) is 0 Å². The molecule has 2 aromatic rings. The summed E-state index contributed by atoms with van der Waals surface area (Å²) in [6, 6.07) is 6.42. The van der Waals surface area contributed by atoms with Gasteiger partial charge in [-0.25, -0.2) is 13.4 Å². The van der Waals surface area contributed by atoms with Crippen LogP contribution in [0.1, 0.15) is 55.4 Å². The Bertz CT molecular complexity index is 985. The smallest absolute Gasteiger partial charge is 0.233 e. The van der Waals surface area contributed by atoms with Gasteiger partial charge in [-0.15, -0.1) is 0 Å². The number of halogens is 1. The second-order valence-electron chi connectivity index (χ2n) is 7.65. The third kappa shape index (κ3) is 5.59. The third-order valence-corrected chi connectivity index (χ3v) is 7.73. The van der Waals surface area contributed by atoms with E-state index in [4.69, 9.17) is 16.7 Å². The number of aromatic nitrogens is 1. The molecule has 1 saturated carbocycles. The summed E-state index contributed by atoms with van der Waals surface area (Å²) in [6.07, 6.45) is 5.04. The minimum absolute atomic E-state index is 0.129. The van der Waals surface area contributed by atoms with Gasteiger partial charge in [0.25, 0.3) is 0 Å². The van der Waals surface area contributed by atoms with Crippen LogP contribution in [0.2, 0.25) is 4.34 Å². The predicted molar refractivity (Wildman–Crippen MR) is 117 cm³/mol. The van der Waals surface area contributed by atoms with E-state index in [2.05, 4.69) is 10.3 Å². The maximum absolute atomic E-state index is 13.1. The van der Waals surface area contributed by atoms with Gasteiger partial charge in [0.15, 0.2) is 15.0 Å². The summed E-state index contributed by atoms with van der Waals surface area (Å²) in [7, 11) is -3.32. The third-order valence-electron chi connectivity index (χ3n) is 5.40. The van der Waals surface area contributed by atoms with Gasteiger partial charge in [-0.2, -0.15) is 0 Å². The zero-order valence-corrected chi connectivity index (χ0v) is 18.9. The molecule has 1 unspecified atom stereocenters. The predicted octanol–water partition coefficient (Wildman–Crippen LogP) is 3.53. The number of hydrogen-bond donors (Lipinski definition) is 3. The number of sulfone groups is 1. The molecule has 1 aliphatic rings. The number of rotatable bonds is 8. The van der Waals surface area contributed by atoms with Crippen molar-refractivity contribution in [2.45, 2.75) is 49.0 Å². The van der Waals surface area contributed by atoms with Crippen molar-refractivity contribution in [3.05, 3.63) is 39.9 Å². The quantitative estimate of drug-likeness (QED) is 0.541. The molecule has 1 aromatic heterocycles. The fourth-order valence-corrected chi connectivity index (χ4v) is 5.54. The fraction of sp³-hybridized carbons (Fsp3) is 0.500. The topological polar surface area (TPSA) is 117 Å². The van der Waals surface area contributed by atoms with E-state index in [1.54, 1.807) is 12.1 Å². The summed E-state index contributed by atoms with van der Waals surface area (Å²) in [5.74, 6) is -0.290. The summed E-state index contributed by atoms with van der Waals surface area (Å²) in [4.78, 5) is 17.5. The van der Waals surface area contributed by atoms with E-state index in [0.29, 0.717) is 12.3 Å². The summed E-state index contributed by atoms with van der Waals surface area (Å²) < 4.78 is 23.7. The molecule has 0 saturated heterocycles. The second kappa shape index (κ2) is 9.74. The Morgan fingerprint density at radius 1 is 1.30 bits per heavy atom. The monoisotopic (exact) mass is 472 g/mol. The molecule has 0 spiro atoms. The average Bonchev–Trinajstić information content (AvgIpc) is 3.34. The number of anilines is 1. The number of benzene rings is 1. The highest BCUT2D eigenvalue weighted by Gasteiger charge is 2.28. The van der Waals surface area contributed by atoms with E-state index < -0.39 is 28.5 Å². The lowest BCUT2D eigenvalue weighted by Gasteiger charge is -2.20. The van der Waals surface area contributed by atoms with Crippen molar-refractivity contribution in [2.75, 3.05) is 18.2 Å². The minimum Gasteiger partial charge on any atom is -0.393 e. The fourth-order valence-electron chi connectivity index (χ4n) is 3.77. The van der Waals surface area contributed by atoms with Crippen molar-refractivity contribution < 1.29 is 23.4 Å². The molecule has 10 heteroatoms. The van der Waals surface area contributed by atoms with Gasteiger partial charge in [0.05, 0.1) is 17.4 Å². The van der Waals surface area contributed by atoms with Crippen LogP contribution >= 0.6 is 22.9 Å². The normalized spacial score (nSPS) is 17.1. The van der Waals surface area contributed by atoms with Crippen LogP contribution in [-0.2, 0) is 14.6 Å². The zero-order valence-electron chi connectivity index (χ0n) is 16.5. The molecule has 1 aliphatic carbocycles. The maximum atomic E-state index is 13.1. The number of thiazole rings is 1. The molecule has 0 aliphatic heterocycles. The Hall–Kier alpha value is -1.52. The Kier molecular flexibility index (Phi) is 7.52. The molecule has 3 N–H and O–H groups in total. The number of hydrogen-bond acceptors (Lipinski definition) is 7. The lowest BCUT2D eigenvalue weighted by Crippen LogP contribution is -2.23. The van der Waals surface area contributed by atoms with Crippen molar-refractivity contribution in [3.63, 3.8) is 0 Å². The van der Waals surface area contributed by atoms with E-state index in [-0.39, 0.29) is 26.0 Å². The molecule has 1 fully saturated rings. The number of amides is 1. The Balaban J connectivity index is 1.83. The summed E-state index contributed by atoms with van der Waals surface area (Å²) >= 11 is 7.09. The van der Waals surface area contributed by atoms with Crippen LogP contribution in [0.15, 0.2) is 29.2 Å². The first-order valence-corrected chi connectivity index (χ1v) is 12.8. The Labute approximate surface area is 185 Å². The van der Waals surface area contributed by atoms with Crippen molar-refractivity contribution in [1.82, 2.24) is 4.98 Å². The number of nitrogens with one attached hydrogen (secondary N) is 1. The largest absolute Gasteiger partial charge is 0.393 e. The van der Waals surface area contributed by atoms with Crippen LogP contribution in [0.3, 0.4) is 0 Å². The van der Waals surface area contributed by atoms with Crippen LogP contribution in [0.25, 0.3) is 0 Å². The molecule has 1 aromatic carbocycles. The zero-order chi connectivity index (χ0) is 21.9. The maximum Gasteiger partial charge on any atom is 0.233 e. The van der Waals surface area contributed by atoms with Crippen LogP contribution in [0.5, 0.6) is 0 Å². The SMILES string of the molecule is CS(=O)(=O)c1ccc([C@@H](CC2CCCC2)C(=O)Nc2nc(C(O)CO)c(Cl)s2)cc1. The van der Waals surface area contributed by atoms with Crippen LogP contribution in [-0.4, -0.2) is 42.4 Å². The van der Waals surface area contributed by atoms with Crippen molar-refractivity contribution in [3.8, 4) is 0 Å². The first kappa shape index (κ1) is 23.1. The molecule has 30 heavy (non-hydrogen) atoms. The molecule has 1 heterocycles. The molecular formula is C20H25ClN2O5S2. The highest BCUT2D eigenvalue weighted by atomic mass is 35.5. The van der Waals surface area contributed by atoms with E-state index in [9.17, 15) is 18.3 Å². The van der Waals surface area contributed by atoms with Gasteiger partial charge < -0.3 is 15.5 Å².